The summed E-state index contributed by atoms with van der Waals surface area (Å²) in [5.74, 6) is 0.814. The van der Waals surface area contributed by atoms with Crippen molar-refractivity contribution in [3.05, 3.63) is 100 Å². The molecule has 8 heteroatoms. The predicted molar refractivity (Wildman–Crippen MR) is 130 cm³/mol. The van der Waals surface area contributed by atoms with Crippen LogP contribution in [-0.4, -0.2) is 33.1 Å². The molecule has 0 saturated carbocycles. The first-order valence-corrected chi connectivity index (χ1v) is 11.2. The van der Waals surface area contributed by atoms with E-state index in [-0.39, 0.29) is 23.5 Å². The van der Waals surface area contributed by atoms with Crippen LogP contribution in [0.25, 0.3) is 11.4 Å². The highest BCUT2D eigenvalue weighted by Crippen LogP contribution is 2.33. The molecule has 33 heavy (non-hydrogen) atoms. The van der Waals surface area contributed by atoms with Crippen LogP contribution in [0.2, 0.25) is 0 Å². The lowest BCUT2D eigenvalue weighted by Crippen LogP contribution is -2.31. The van der Waals surface area contributed by atoms with E-state index in [0.29, 0.717) is 30.9 Å². The van der Waals surface area contributed by atoms with E-state index < -0.39 is 0 Å². The fourth-order valence-corrected chi connectivity index (χ4v) is 4.49. The monoisotopic (exact) mass is 441 g/mol. The summed E-state index contributed by atoms with van der Waals surface area (Å²) in [5.41, 5.74) is 9.82. The lowest BCUT2D eigenvalue weighted by molar-refractivity contribution is 0.654. The number of hydrogen-bond acceptors (Lipinski definition) is 4. The van der Waals surface area contributed by atoms with E-state index >= 15 is 0 Å². The third kappa shape index (κ3) is 4.19. The number of hydrogen-bond donors (Lipinski definition) is 5. The third-order valence-electron chi connectivity index (χ3n) is 6.12. The van der Waals surface area contributed by atoms with Crippen LogP contribution in [0, 0.1) is 11.3 Å². The highest BCUT2D eigenvalue weighted by atomic mass is 16.1. The smallest absolute Gasteiger partial charge is 0.278 e. The van der Waals surface area contributed by atoms with Crippen LogP contribution in [0.5, 0.6) is 0 Å². The van der Waals surface area contributed by atoms with Crippen molar-refractivity contribution in [2.75, 3.05) is 6.54 Å². The van der Waals surface area contributed by atoms with Crippen LogP contribution in [-0.2, 0) is 12.8 Å². The van der Waals surface area contributed by atoms with E-state index in [0.717, 1.165) is 28.9 Å². The van der Waals surface area contributed by atoms with Crippen LogP contribution in [0.1, 0.15) is 29.1 Å². The average molecular weight is 442 g/mol. The number of guanidine groups is 1. The minimum atomic E-state index is -0.0885. The molecule has 0 amide bonds. The minimum absolute atomic E-state index is 0.0453. The van der Waals surface area contributed by atoms with Crippen LogP contribution >= 0.6 is 0 Å². The standard InChI is InChI=1S/C25H27N7O/c26-25(27)28-12-6-11-20-23-31-21(13-16-7-2-1-3-8-16)24(33)32(23)15-22(30-20)18-14-29-19-10-5-4-9-17(18)19/h1-5,7-10,14-15,17,19,29-30H,6,11-13H2,(H4,26,27,28). The molecule has 1 aliphatic carbocycles. The van der Waals surface area contributed by atoms with E-state index in [1.165, 1.54) is 0 Å². The molecule has 5 rings (SSSR count). The molecule has 0 saturated heterocycles. The second-order valence-electron chi connectivity index (χ2n) is 8.40. The molecule has 0 bridgehead atoms. The Morgan fingerprint density at radius 3 is 2.85 bits per heavy atom. The van der Waals surface area contributed by atoms with Crippen molar-refractivity contribution in [1.82, 2.24) is 25.2 Å². The number of H-pyrrole nitrogens is 1. The molecule has 2 atom stereocenters. The number of nitrogens with two attached hydrogens (primary N) is 1. The molecule has 0 fully saturated rings. The fourth-order valence-electron chi connectivity index (χ4n) is 4.49. The number of benzene rings is 1. The number of nitrogens with zero attached hydrogens (tertiary/aromatic N) is 2. The molecule has 1 aromatic rings. The molecule has 4 aliphatic rings. The number of allylic oxidation sites excluding steroid dienone is 2. The number of aromatic amines is 1. The van der Waals surface area contributed by atoms with Gasteiger partial charge in [-0.05, 0) is 18.4 Å². The highest BCUT2D eigenvalue weighted by molar-refractivity contribution is 5.74. The largest absolute Gasteiger partial charge is 0.383 e. The summed E-state index contributed by atoms with van der Waals surface area (Å²) < 4.78 is 1.67. The molecule has 6 N–H and O–H groups in total. The molecule has 168 valence electrons. The maximum atomic E-state index is 13.3. The van der Waals surface area contributed by atoms with Crippen molar-refractivity contribution in [2.45, 2.75) is 25.3 Å². The second kappa shape index (κ2) is 8.82. The number of fused-ring (bicyclic) bond motifs is 2. The molecular weight excluding hydrogens is 414 g/mol. The molecule has 3 aliphatic heterocycles. The molecule has 2 unspecified atom stereocenters. The Bertz CT molecular complexity index is 1280. The Morgan fingerprint density at radius 1 is 1.21 bits per heavy atom. The van der Waals surface area contributed by atoms with Gasteiger partial charge < -0.3 is 21.4 Å². The molecule has 8 nitrogen and oxygen atoms in total. The summed E-state index contributed by atoms with van der Waals surface area (Å²) in [4.78, 5) is 21.6. The minimum Gasteiger partial charge on any atom is -0.383 e. The van der Waals surface area contributed by atoms with Crippen molar-refractivity contribution in [1.29, 1.82) is 5.41 Å². The van der Waals surface area contributed by atoms with Gasteiger partial charge in [-0.2, -0.15) is 0 Å². The van der Waals surface area contributed by atoms with Gasteiger partial charge in [-0.1, -0.05) is 54.6 Å². The number of rotatable bonds is 7. The van der Waals surface area contributed by atoms with Crippen LogP contribution in [0.4, 0.5) is 0 Å². The van der Waals surface area contributed by atoms with Crippen molar-refractivity contribution in [3.63, 3.8) is 0 Å². The van der Waals surface area contributed by atoms with Gasteiger partial charge >= 0.3 is 0 Å². The average Bonchev–Trinajstić information content (AvgIpc) is 3.39. The molecule has 0 aromatic heterocycles. The maximum absolute atomic E-state index is 13.3. The predicted octanol–water partition coefficient (Wildman–Crippen LogP) is 2.06. The van der Waals surface area contributed by atoms with E-state index in [1.807, 2.05) is 48.8 Å². The van der Waals surface area contributed by atoms with Crippen LogP contribution in [0.3, 0.4) is 0 Å². The summed E-state index contributed by atoms with van der Waals surface area (Å²) in [6.07, 6.45) is 14.2. The molecule has 0 radical (unpaired) electrons. The fraction of sp³-hybridized carbons (Fsp3) is 0.240. The van der Waals surface area contributed by atoms with Gasteiger partial charge in [0.1, 0.15) is 5.69 Å². The molecule has 0 spiro atoms. The van der Waals surface area contributed by atoms with Gasteiger partial charge in [0.2, 0.25) is 0 Å². The topological polar surface area (TPSA) is 125 Å². The molecular formula is C25H27N7O. The van der Waals surface area contributed by atoms with Crippen molar-refractivity contribution >= 4 is 11.5 Å². The Morgan fingerprint density at radius 2 is 2.03 bits per heavy atom. The van der Waals surface area contributed by atoms with Crippen molar-refractivity contribution in [3.8, 4) is 5.82 Å². The Balaban J connectivity index is 1.52. The third-order valence-corrected chi connectivity index (χ3v) is 6.12. The van der Waals surface area contributed by atoms with Crippen LogP contribution in [0.15, 0.2) is 71.8 Å². The number of aryl methyl sites for hydroxylation is 1. The maximum Gasteiger partial charge on any atom is 0.278 e. The zero-order chi connectivity index (χ0) is 22.8. The van der Waals surface area contributed by atoms with Gasteiger partial charge in [0.05, 0.1) is 17.4 Å². The summed E-state index contributed by atoms with van der Waals surface area (Å²) in [5, 5.41) is 13.6. The Labute approximate surface area is 191 Å². The van der Waals surface area contributed by atoms with Crippen molar-refractivity contribution in [2.24, 2.45) is 11.7 Å². The van der Waals surface area contributed by atoms with E-state index in [2.05, 4.69) is 33.8 Å². The Kier molecular flexibility index (Phi) is 5.56. The van der Waals surface area contributed by atoms with Gasteiger partial charge in [0.25, 0.3) is 5.56 Å². The first-order chi connectivity index (χ1) is 16.1. The van der Waals surface area contributed by atoms with Gasteiger partial charge in [-0.3, -0.25) is 14.8 Å². The number of aromatic nitrogens is 3. The van der Waals surface area contributed by atoms with Gasteiger partial charge in [-0.25, -0.2) is 4.98 Å². The number of nitrogens with one attached hydrogen (secondary N) is 4. The summed E-state index contributed by atoms with van der Waals surface area (Å²) in [7, 11) is 0. The summed E-state index contributed by atoms with van der Waals surface area (Å²) in [6, 6.07) is 10.1. The summed E-state index contributed by atoms with van der Waals surface area (Å²) >= 11 is 0. The second-order valence-corrected chi connectivity index (χ2v) is 8.40. The van der Waals surface area contributed by atoms with Gasteiger partial charge in [0, 0.05) is 36.9 Å². The first-order valence-electron chi connectivity index (χ1n) is 11.2. The highest BCUT2D eigenvalue weighted by Gasteiger charge is 2.30. The number of imidazole rings is 1. The SMILES string of the molecule is N=C(N)NCCCc1[nH]c(C2=CNC3C=CC=CC23)cn2c(=O)c(Cc3ccccc3)nc1-2. The van der Waals surface area contributed by atoms with E-state index in [1.54, 1.807) is 4.57 Å². The van der Waals surface area contributed by atoms with Gasteiger partial charge in [-0.15, -0.1) is 0 Å². The van der Waals surface area contributed by atoms with E-state index in [4.69, 9.17) is 16.1 Å². The van der Waals surface area contributed by atoms with Crippen LogP contribution < -0.4 is 21.9 Å². The first kappa shape index (κ1) is 20.8. The molecule has 3 heterocycles. The zero-order valence-electron chi connectivity index (χ0n) is 18.2. The quantitative estimate of drug-likeness (QED) is 0.218. The van der Waals surface area contributed by atoms with Gasteiger partial charge in [0.15, 0.2) is 11.8 Å². The Hall–Kier alpha value is -4.07. The lowest BCUT2D eigenvalue weighted by Gasteiger charge is -2.20. The normalized spacial score (nSPS) is 18.7. The molecule has 1 aromatic carbocycles. The summed E-state index contributed by atoms with van der Waals surface area (Å²) in [6.45, 7) is 0.573. The van der Waals surface area contributed by atoms with Crippen molar-refractivity contribution < 1.29 is 0 Å². The van der Waals surface area contributed by atoms with E-state index in [9.17, 15) is 4.79 Å². The zero-order valence-corrected chi connectivity index (χ0v) is 18.2. The lowest BCUT2D eigenvalue weighted by atomic mass is 9.90.